The summed E-state index contributed by atoms with van der Waals surface area (Å²) in [5, 5.41) is 3.25. The van der Waals surface area contributed by atoms with Crippen molar-refractivity contribution >= 4 is 45.6 Å². The van der Waals surface area contributed by atoms with E-state index in [4.69, 9.17) is 5.73 Å². The monoisotopic (exact) mass is 381 g/mol. The Kier molecular flexibility index (Phi) is 4.49. The summed E-state index contributed by atoms with van der Waals surface area (Å²) in [6.07, 6.45) is 0. The van der Waals surface area contributed by atoms with Crippen molar-refractivity contribution in [3.63, 3.8) is 0 Å². The third-order valence-corrected chi connectivity index (χ3v) is 3.48. The Morgan fingerprint density at radius 2 is 1.95 bits per heavy atom. The fraction of sp³-hybridized carbons (Fsp3) is 0.133. The fourth-order valence-corrected chi connectivity index (χ4v) is 2.32. The summed E-state index contributed by atoms with van der Waals surface area (Å²) in [5.41, 5.74) is 8.86. The van der Waals surface area contributed by atoms with Crippen LogP contribution in [0.4, 0.5) is 17.1 Å². The number of nitrogens with one attached hydrogen (secondary N) is 1. The van der Waals surface area contributed by atoms with Gasteiger partial charge in [-0.25, -0.2) is 0 Å². The molecule has 0 heterocycles. The van der Waals surface area contributed by atoms with Crippen molar-refractivity contribution in [2.24, 2.45) is 0 Å². The number of hydrogen-bond acceptors (Lipinski definition) is 3. The fourth-order valence-electron chi connectivity index (χ4n) is 1.78. The predicted molar refractivity (Wildman–Crippen MR) is 91.3 cm³/mol. The van der Waals surface area contributed by atoms with Crippen LogP contribution in [0.3, 0.4) is 0 Å². The van der Waals surface area contributed by atoms with E-state index in [1.54, 1.807) is 37.2 Å². The second kappa shape index (κ2) is 6.13. The number of benzene rings is 2. The van der Waals surface area contributed by atoms with Crippen LogP contribution >= 0.6 is 22.6 Å². The van der Waals surface area contributed by atoms with E-state index < -0.39 is 0 Å². The summed E-state index contributed by atoms with van der Waals surface area (Å²) < 4.78 is 1.13. The minimum absolute atomic E-state index is 0.0457. The third kappa shape index (κ3) is 3.41. The number of hydrogen-bond donors (Lipinski definition) is 2. The smallest absolute Gasteiger partial charge is 0.253 e. The highest BCUT2D eigenvalue weighted by Crippen LogP contribution is 2.25. The molecular weight excluding hydrogens is 365 g/mol. The zero-order chi connectivity index (χ0) is 14.7. The predicted octanol–water partition coefficient (Wildman–Crippen LogP) is 3.32. The highest BCUT2D eigenvalue weighted by Gasteiger charge is 2.10. The van der Waals surface area contributed by atoms with E-state index in [1.807, 2.05) is 24.3 Å². The van der Waals surface area contributed by atoms with Crippen molar-refractivity contribution in [1.29, 1.82) is 0 Å². The molecule has 5 heteroatoms. The Morgan fingerprint density at radius 3 is 2.60 bits per heavy atom. The Balaban J connectivity index is 2.32. The van der Waals surface area contributed by atoms with Crippen LogP contribution in [0.15, 0.2) is 42.5 Å². The van der Waals surface area contributed by atoms with E-state index in [2.05, 4.69) is 27.9 Å². The lowest BCUT2D eigenvalue weighted by Gasteiger charge is -2.14. The van der Waals surface area contributed by atoms with Gasteiger partial charge in [0.25, 0.3) is 5.91 Å². The summed E-state index contributed by atoms with van der Waals surface area (Å²) in [4.78, 5) is 13.5. The van der Waals surface area contributed by atoms with Gasteiger partial charge in [-0.2, -0.15) is 0 Å². The van der Waals surface area contributed by atoms with Crippen molar-refractivity contribution in [3.05, 3.63) is 51.6 Å². The average Bonchev–Trinajstić information content (AvgIpc) is 2.40. The summed E-state index contributed by atoms with van der Waals surface area (Å²) in [5.74, 6) is -0.0457. The zero-order valence-electron chi connectivity index (χ0n) is 11.4. The number of anilines is 3. The molecule has 0 spiro atoms. The second-order valence-corrected chi connectivity index (χ2v) is 5.88. The van der Waals surface area contributed by atoms with Crippen LogP contribution in [-0.2, 0) is 0 Å². The van der Waals surface area contributed by atoms with E-state index >= 15 is 0 Å². The largest absolute Gasteiger partial charge is 0.397 e. The molecule has 0 atom stereocenters. The van der Waals surface area contributed by atoms with Gasteiger partial charge < -0.3 is 16.0 Å². The number of carbonyl (C=O) groups excluding carboxylic acids is 1. The lowest BCUT2D eigenvalue weighted by atomic mass is 10.1. The normalized spacial score (nSPS) is 10.2. The van der Waals surface area contributed by atoms with Gasteiger partial charge in [-0.15, -0.1) is 0 Å². The highest BCUT2D eigenvalue weighted by atomic mass is 127. The molecule has 20 heavy (non-hydrogen) atoms. The lowest BCUT2D eigenvalue weighted by molar-refractivity contribution is 0.0827. The molecule has 0 saturated carbocycles. The molecule has 0 fully saturated rings. The van der Waals surface area contributed by atoms with Gasteiger partial charge in [0.2, 0.25) is 0 Å². The number of amides is 1. The van der Waals surface area contributed by atoms with Crippen molar-refractivity contribution < 1.29 is 4.79 Å². The van der Waals surface area contributed by atoms with Gasteiger partial charge in [0.15, 0.2) is 0 Å². The average molecular weight is 381 g/mol. The molecule has 2 aromatic rings. The van der Waals surface area contributed by atoms with Crippen LogP contribution < -0.4 is 11.1 Å². The van der Waals surface area contributed by atoms with Crippen LogP contribution in [0, 0.1) is 3.57 Å². The number of nitrogens with zero attached hydrogens (tertiary/aromatic N) is 1. The van der Waals surface area contributed by atoms with E-state index in [9.17, 15) is 4.79 Å². The third-order valence-electron chi connectivity index (χ3n) is 2.81. The van der Waals surface area contributed by atoms with Crippen molar-refractivity contribution in [3.8, 4) is 0 Å². The zero-order valence-corrected chi connectivity index (χ0v) is 13.5. The Hall–Kier alpha value is -1.76. The van der Waals surface area contributed by atoms with Gasteiger partial charge in [-0.1, -0.05) is 6.07 Å². The van der Waals surface area contributed by atoms with E-state index in [0.29, 0.717) is 11.3 Å². The minimum Gasteiger partial charge on any atom is -0.397 e. The van der Waals surface area contributed by atoms with Crippen LogP contribution in [0.1, 0.15) is 10.4 Å². The first kappa shape index (κ1) is 14.6. The van der Waals surface area contributed by atoms with E-state index in [1.165, 1.54) is 0 Å². The van der Waals surface area contributed by atoms with Crippen LogP contribution in [0.25, 0.3) is 0 Å². The maximum absolute atomic E-state index is 12.0. The number of nitrogen functional groups attached to an aromatic ring is 1. The standard InChI is InChI=1S/C15H16IN3O/c1-19(2)15(20)10-6-7-13(17)14(8-10)18-12-5-3-4-11(16)9-12/h3-9,18H,17H2,1-2H3. The van der Waals surface area contributed by atoms with Gasteiger partial charge in [-0.3, -0.25) is 4.79 Å². The first-order valence-corrected chi connectivity index (χ1v) is 7.19. The quantitative estimate of drug-likeness (QED) is 0.634. The number of nitrogens with two attached hydrogens (primary N) is 1. The molecular formula is C15H16IN3O. The lowest BCUT2D eigenvalue weighted by Crippen LogP contribution is -2.21. The number of rotatable bonds is 3. The van der Waals surface area contributed by atoms with Gasteiger partial charge in [0.05, 0.1) is 11.4 Å². The highest BCUT2D eigenvalue weighted by molar-refractivity contribution is 14.1. The molecule has 0 saturated heterocycles. The molecule has 0 bridgehead atoms. The Labute approximate surface area is 132 Å². The molecule has 0 unspecified atom stereocenters. The van der Waals surface area contributed by atoms with Crippen molar-refractivity contribution in [1.82, 2.24) is 4.90 Å². The molecule has 104 valence electrons. The minimum atomic E-state index is -0.0457. The molecule has 3 N–H and O–H groups in total. The molecule has 2 aromatic carbocycles. The van der Waals surface area contributed by atoms with Crippen LogP contribution in [0.2, 0.25) is 0 Å². The number of halogens is 1. The Morgan fingerprint density at radius 1 is 1.20 bits per heavy atom. The first-order valence-electron chi connectivity index (χ1n) is 6.11. The first-order chi connectivity index (χ1) is 9.47. The van der Waals surface area contributed by atoms with E-state index in [-0.39, 0.29) is 5.91 Å². The van der Waals surface area contributed by atoms with Gasteiger partial charge in [-0.05, 0) is 59.0 Å². The molecule has 1 amide bonds. The van der Waals surface area contributed by atoms with Crippen molar-refractivity contribution in [2.45, 2.75) is 0 Å². The molecule has 0 radical (unpaired) electrons. The van der Waals surface area contributed by atoms with Crippen molar-refractivity contribution in [2.75, 3.05) is 25.1 Å². The molecule has 0 aliphatic carbocycles. The topological polar surface area (TPSA) is 58.4 Å². The summed E-state index contributed by atoms with van der Waals surface area (Å²) in [7, 11) is 3.46. The maximum atomic E-state index is 12.0. The molecule has 4 nitrogen and oxygen atoms in total. The molecule has 0 aliphatic heterocycles. The van der Waals surface area contributed by atoms with Crippen LogP contribution in [-0.4, -0.2) is 24.9 Å². The van der Waals surface area contributed by atoms with E-state index in [0.717, 1.165) is 14.9 Å². The summed E-state index contributed by atoms with van der Waals surface area (Å²) >= 11 is 2.25. The maximum Gasteiger partial charge on any atom is 0.253 e. The molecule has 2 rings (SSSR count). The van der Waals surface area contributed by atoms with Gasteiger partial charge >= 0.3 is 0 Å². The summed E-state index contributed by atoms with van der Waals surface area (Å²) in [6.45, 7) is 0. The SMILES string of the molecule is CN(C)C(=O)c1ccc(N)c(Nc2cccc(I)c2)c1. The molecule has 0 aliphatic rings. The molecule has 0 aromatic heterocycles. The van der Waals surface area contributed by atoms with Gasteiger partial charge in [0.1, 0.15) is 0 Å². The van der Waals surface area contributed by atoms with Crippen LogP contribution in [0.5, 0.6) is 0 Å². The number of carbonyl (C=O) groups is 1. The summed E-state index contributed by atoms with van der Waals surface area (Å²) in [6, 6.07) is 13.2. The van der Waals surface area contributed by atoms with Gasteiger partial charge in [0, 0.05) is 28.9 Å². The second-order valence-electron chi connectivity index (χ2n) is 4.64. The Bertz CT molecular complexity index is 641.